The summed E-state index contributed by atoms with van der Waals surface area (Å²) in [7, 11) is 0. The summed E-state index contributed by atoms with van der Waals surface area (Å²) in [4.78, 5) is 19.1. The van der Waals surface area contributed by atoms with E-state index in [2.05, 4.69) is 27.3 Å². The maximum atomic E-state index is 12.4. The topological polar surface area (TPSA) is 67.6 Å². The lowest BCUT2D eigenvalue weighted by Crippen LogP contribution is -2.41. The van der Waals surface area contributed by atoms with Gasteiger partial charge in [-0.3, -0.25) is 4.79 Å². The van der Waals surface area contributed by atoms with Crippen molar-refractivity contribution < 1.29 is 13.9 Å². The lowest BCUT2D eigenvalue weighted by atomic mass is 9.96. The number of hydrogen-bond donors (Lipinski definition) is 1. The number of nitrogens with zero attached hydrogens (tertiary/aromatic N) is 2. The van der Waals surface area contributed by atoms with Crippen LogP contribution in [0.1, 0.15) is 24.8 Å². The summed E-state index contributed by atoms with van der Waals surface area (Å²) in [5.74, 6) is 0.209. The van der Waals surface area contributed by atoms with Crippen LogP contribution in [0.25, 0.3) is 11.1 Å². The molecular weight excluding hydrogens is 378 g/mol. The maximum absolute atomic E-state index is 12.4. The Labute approximate surface area is 177 Å². The van der Waals surface area contributed by atoms with Gasteiger partial charge in [-0.25, -0.2) is 0 Å². The molecule has 0 atom stereocenters. The van der Waals surface area contributed by atoms with Crippen LogP contribution in [0.2, 0.25) is 0 Å². The lowest BCUT2D eigenvalue weighted by molar-refractivity contribution is -0.125. The van der Waals surface area contributed by atoms with Gasteiger partial charge in [0.1, 0.15) is 5.52 Å². The van der Waals surface area contributed by atoms with E-state index in [9.17, 15) is 4.79 Å². The molecule has 1 aliphatic heterocycles. The number of hydrogen-bond acceptors (Lipinski definition) is 5. The number of carbonyl (C=O) groups excluding carboxylic acids is 1. The van der Waals surface area contributed by atoms with Gasteiger partial charge >= 0.3 is 0 Å². The number of nitrogens with one attached hydrogen (secondary N) is 1. The van der Waals surface area contributed by atoms with E-state index in [1.165, 1.54) is 5.56 Å². The minimum atomic E-state index is 0.0598. The number of aromatic nitrogens is 1. The standard InChI is InChI=1S/C24H29N3O3/c28-23(25-14-6-17-29-18-13-19-7-2-1-3-8-19)20-11-15-27(16-12-20)24-26-21-9-4-5-10-22(21)30-24/h1-5,7-10,20H,6,11-18H2,(H,25,28). The minimum absolute atomic E-state index is 0.0598. The van der Waals surface area contributed by atoms with Crippen LogP contribution in [0.4, 0.5) is 6.01 Å². The molecule has 30 heavy (non-hydrogen) atoms. The Morgan fingerprint density at radius 3 is 2.63 bits per heavy atom. The molecule has 0 aliphatic carbocycles. The van der Waals surface area contributed by atoms with E-state index < -0.39 is 0 Å². The first-order valence-electron chi connectivity index (χ1n) is 10.8. The summed E-state index contributed by atoms with van der Waals surface area (Å²) in [5, 5.41) is 3.06. The van der Waals surface area contributed by atoms with Crippen molar-refractivity contribution in [3.8, 4) is 0 Å². The second-order valence-corrected chi connectivity index (χ2v) is 7.72. The van der Waals surface area contributed by atoms with Crippen LogP contribution in [-0.2, 0) is 16.0 Å². The summed E-state index contributed by atoms with van der Waals surface area (Å²) in [5.41, 5.74) is 2.96. The molecular formula is C24H29N3O3. The van der Waals surface area contributed by atoms with Crippen molar-refractivity contribution in [3.63, 3.8) is 0 Å². The van der Waals surface area contributed by atoms with E-state index in [0.29, 0.717) is 25.8 Å². The van der Waals surface area contributed by atoms with Gasteiger partial charge < -0.3 is 19.4 Å². The number of benzene rings is 2. The van der Waals surface area contributed by atoms with Gasteiger partial charge in [-0.2, -0.15) is 4.98 Å². The maximum Gasteiger partial charge on any atom is 0.298 e. The smallest absolute Gasteiger partial charge is 0.298 e. The number of rotatable bonds is 9. The van der Waals surface area contributed by atoms with E-state index in [1.54, 1.807) is 0 Å². The molecule has 158 valence electrons. The summed E-state index contributed by atoms with van der Waals surface area (Å²) in [6.45, 7) is 3.62. The van der Waals surface area contributed by atoms with Gasteiger partial charge in [-0.05, 0) is 43.4 Å². The third-order valence-electron chi connectivity index (χ3n) is 5.56. The molecule has 6 nitrogen and oxygen atoms in total. The van der Waals surface area contributed by atoms with E-state index in [0.717, 1.165) is 49.9 Å². The molecule has 0 radical (unpaired) electrons. The molecule has 4 rings (SSSR count). The first-order valence-corrected chi connectivity index (χ1v) is 10.8. The number of piperidine rings is 1. The van der Waals surface area contributed by atoms with Crippen LogP contribution in [0.5, 0.6) is 0 Å². The van der Waals surface area contributed by atoms with Crippen LogP contribution >= 0.6 is 0 Å². The molecule has 6 heteroatoms. The Kier molecular flexibility index (Phi) is 6.98. The van der Waals surface area contributed by atoms with Crippen LogP contribution in [0.3, 0.4) is 0 Å². The predicted octanol–water partition coefficient (Wildman–Crippen LogP) is 3.81. The van der Waals surface area contributed by atoms with Gasteiger partial charge in [0.2, 0.25) is 5.91 Å². The minimum Gasteiger partial charge on any atom is -0.423 e. The van der Waals surface area contributed by atoms with Gasteiger partial charge in [0, 0.05) is 32.2 Å². The third kappa shape index (κ3) is 5.39. The van der Waals surface area contributed by atoms with Crippen molar-refractivity contribution in [1.29, 1.82) is 0 Å². The summed E-state index contributed by atoms with van der Waals surface area (Å²) >= 11 is 0. The van der Waals surface area contributed by atoms with Gasteiger partial charge in [0.05, 0.1) is 6.61 Å². The fourth-order valence-corrected chi connectivity index (χ4v) is 3.80. The van der Waals surface area contributed by atoms with Crippen LogP contribution in [0.15, 0.2) is 59.0 Å². The normalized spacial score (nSPS) is 14.9. The van der Waals surface area contributed by atoms with Gasteiger partial charge in [0.15, 0.2) is 5.58 Å². The highest BCUT2D eigenvalue weighted by molar-refractivity contribution is 5.79. The largest absolute Gasteiger partial charge is 0.423 e. The second kappa shape index (κ2) is 10.3. The number of anilines is 1. The number of fused-ring (bicyclic) bond motifs is 1. The molecule has 1 amide bonds. The molecule has 2 heterocycles. The van der Waals surface area contributed by atoms with Crippen molar-refractivity contribution in [2.45, 2.75) is 25.7 Å². The van der Waals surface area contributed by atoms with Gasteiger partial charge in [-0.1, -0.05) is 42.5 Å². The lowest BCUT2D eigenvalue weighted by Gasteiger charge is -2.30. The number of oxazole rings is 1. The molecule has 0 bridgehead atoms. The second-order valence-electron chi connectivity index (χ2n) is 7.72. The SMILES string of the molecule is O=C(NCCCOCCc1ccccc1)C1CCN(c2nc3ccccc3o2)CC1. The number of amides is 1. The Bertz CT molecular complexity index is 900. The molecule has 0 unspecified atom stereocenters. The molecule has 1 aromatic heterocycles. The van der Waals surface area contributed by atoms with E-state index in [-0.39, 0.29) is 11.8 Å². The Morgan fingerprint density at radius 1 is 1.07 bits per heavy atom. The Hall–Kier alpha value is -2.86. The highest BCUT2D eigenvalue weighted by Gasteiger charge is 2.26. The molecule has 2 aromatic carbocycles. The third-order valence-corrected chi connectivity index (χ3v) is 5.56. The molecule has 1 N–H and O–H groups in total. The van der Waals surface area contributed by atoms with Crippen molar-refractivity contribution in [2.24, 2.45) is 5.92 Å². The number of ether oxygens (including phenoxy) is 1. The van der Waals surface area contributed by atoms with Crippen molar-refractivity contribution >= 4 is 23.0 Å². The van der Waals surface area contributed by atoms with Gasteiger partial charge in [0.25, 0.3) is 6.01 Å². The van der Waals surface area contributed by atoms with Gasteiger partial charge in [-0.15, -0.1) is 0 Å². The summed E-state index contributed by atoms with van der Waals surface area (Å²) < 4.78 is 11.5. The van der Waals surface area contributed by atoms with Crippen LogP contribution in [0, 0.1) is 5.92 Å². The van der Waals surface area contributed by atoms with E-state index in [4.69, 9.17) is 9.15 Å². The molecule has 0 saturated carbocycles. The fraction of sp³-hybridized carbons (Fsp3) is 0.417. The fourth-order valence-electron chi connectivity index (χ4n) is 3.80. The first-order chi connectivity index (χ1) is 14.8. The first kappa shape index (κ1) is 20.4. The highest BCUT2D eigenvalue weighted by Crippen LogP contribution is 2.26. The molecule has 1 saturated heterocycles. The molecule has 3 aromatic rings. The molecule has 0 spiro atoms. The zero-order chi connectivity index (χ0) is 20.6. The summed E-state index contributed by atoms with van der Waals surface area (Å²) in [6.07, 6.45) is 3.39. The predicted molar refractivity (Wildman–Crippen MR) is 118 cm³/mol. The van der Waals surface area contributed by atoms with Crippen molar-refractivity contribution in [2.75, 3.05) is 37.7 Å². The van der Waals surface area contributed by atoms with Crippen LogP contribution < -0.4 is 10.2 Å². The molecule has 1 fully saturated rings. The average Bonchev–Trinajstić information content (AvgIpc) is 3.23. The summed E-state index contributed by atoms with van der Waals surface area (Å²) in [6, 6.07) is 18.8. The quantitative estimate of drug-likeness (QED) is 0.547. The van der Waals surface area contributed by atoms with Crippen LogP contribution in [-0.4, -0.2) is 43.7 Å². The molecule has 1 aliphatic rings. The Balaban J connectivity index is 1.10. The van der Waals surface area contributed by atoms with E-state index in [1.807, 2.05) is 42.5 Å². The monoisotopic (exact) mass is 407 g/mol. The average molecular weight is 408 g/mol. The number of carbonyl (C=O) groups is 1. The highest BCUT2D eigenvalue weighted by atomic mass is 16.5. The Morgan fingerprint density at radius 2 is 1.83 bits per heavy atom. The zero-order valence-electron chi connectivity index (χ0n) is 17.3. The van der Waals surface area contributed by atoms with Crippen molar-refractivity contribution in [3.05, 3.63) is 60.2 Å². The number of para-hydroxylation sites is 2. The van der Waals surface area contributed by atoms with E-state index >= 15 is 0 Å². The van der Waals surface area contributed by atoms with Crippen molar-refractivity contribution in [1.82, 2.24) is 10.3 Å². The zero-order valence-corrected chi connectivity index (χ0v) is 17.3.